The maximum absolute atomic E-state index is 5.98. The molecule has 0 atom stereocenters. The second-order valence-corrected chi connectivity index (χ2v) is 7.95. The van der Waals surface area contributed by atoms with E-state index in [1.807, 2.05) is 30.3 Å². The zero-order valence-electron chi connectivity index (χ0n) is 18.0. The molecule has 0 radical (unpaired) electrons. The molecule has 0 N–H and O–H groups in total. The average molecular weight is 393 g/mol. The van der Waals surface area contributed by atoms with E-state index in [0.717, 1.165) is 23.6 Å². The Morgan fingerprint density at radius 2 is 1.34 bits per heavy atom. The number of unbranched alkanes of at least 4 members (excludes halogenated alkanes) is 9. The molecular weight excluding hydrogens is 356 g/mol. The molecule has 0 saturated carbocycles. The van der Waals surface area contributed by atoms with Crippen molar-refractivity contribution in [2.45, 2.75) is 84.3 Å². The summed E-state index contributed by atoms with van der Waals surface area (Å²) in [5.41, 5.74) is 2.28. The van der Waals surface area contributed by atoms with Crippen LogP contribution in [-0.2, 0) is 13.2 Å². The highest BCUT2D eigenvalue weighted by atomic mass is 16.5. The monoisotopic (exact) mass is 392 g/mol. The van der Waals surface area contributed by atoms with E-state index in [4.69, 9.17) is 9.72 Å². The summed E-state index contributed by atoms with van der Waals surface area (Å²) in [6.45, 7) is 3.81. The molecule has 0 fully saturated rings. The van der Waals surface area contributed by atoms with Gasteiger partial charge in [0.15, 0.2) is 0 Å². The minimum Gasteiger partial charge on any atom is -0.486 e. The van der Waals surface area contributed by atoms with E-state index in [1.165, 1.54) is 69.7 Å². The minimum atomic E-state index is 0.510. The van der Waals surface area contributed by atoms with Gasteiger partial charge in [-0.05, 0) is 30.7 Å². The van der Waals surface area contributed by atoms with Crippen LogP contribution in [0.1, 0.15) is 77.0 Å². The van der Waals surface area contributed by atoms with Gasteiger partial charge < -0.3 is 9.30 Å². The molecule has 1 heterocycles. The lowest BCUT2D eigenvalue weighted by molar-refractivity contribution is 0.289. The van der Waals surface area contributed by atoms with Gasteiger partial charge >= 0.3 is 0 Å². The summed E-state index contributed by atoms with van der Waals surface area (Å²) in [6, 6.07) is 18.4. The Morgan fingerprint density at radius 1 is 0.724 bits per heavy atom. The number of hydrogen-bond acceptors (Lipinski definition) is 2. The van der Waals surface area contributed by atoms with Crippen molar-refractivity contribution in [3.8, 4) is 5.75 Å². The zero-order chi connectivity index (χ0) is 20.2. The smallest absolute Gasteiger partial charge is 0.147 e. The van der Waals surface area contributed by atoms with Gasteiger partial charge in [0.2, 0.25) is 0 Å². The number of aryl methyl sites for hydroxylation is 1. The van der Waals surface area contributed by atoms with Crippen LogP contribution in [0.3, 0.4) is 0 Å². The van der Waals surface area contributed by atoms with Gasteiger partial charge in [-0.15, -0.1) is 0 Å². The Morgan fingerprint density at radius 3 is 2.07 bits per heavy atom. The maximum Gasteiger partial charge on any atom is 0.147 e. The fourth-order valence-corrected chi connectivity index (χ4v) is 3.91. The number of rotatable bonds is 14. The largest absolute Gasteiger partial charge is 0.486 e. The molecule has 0 aliphatic heterocycles. The highest BCUT2D eigenvalue weighted by Crippen LogP contribution is 2.20. The summed E-state index contributed by atoms with van der Waals surface area (Å²) < 4.78 is 8.33. The summed E-state index contributed by atoms with van der Waals surface area (Å²) in [6.07, 6.45) is 13.6. The van der Waals surface area contributed by atoms with Crippen LogP contribution in [0, 0.1) is 0 Å². The molecule has 0 unspecified atom stereocenters. The van der Waals surface area contributed by atoms with Gasteiger partial charge in [-0.2, -0.15) is 0 Å². The lowest BCUT2D eigenvalue weighted by Gasteiger charge is -2.10. The lowest BCUT2D eigenvalue weighted by atomic mass is 10.1. The van der Waals surface area contributed by atoms with Crippen LogP contribution in [-0.4, -0.2) is 9.55 Å². The molecule has 156 valence electrons. The van der Waals surface area contributed by atoms with Gasteiger partial charge in [-0.1, -0.05) is 95.0 Å². The Labute approximate surface area is 176 Å². The van der Waals surface area contributed by atoms with Crippen molar-refractivity contribution in [3.63, 3.8) is 0 Å². The molecule has 0 aliphatic rings. The number of nitrogens with zero attached hydrogens (tertiary/aromatic N) is 2. The van der Waals surface area contributed by atoms with Crippen LogP contribution in [0.25, 0.3) is 11.0 Å². The molecule has 2 aromatic carbocycles. The standard InChI is InChI=1S/C26H36N2O/c1-2-3-4-5-6-7-8-9-10-16-21-28-25-20-15-14-19-24(25)27-26(28)22-29-23-17-12-11-13-18-23/h11-15,17-20H,2-10,16,21-22H2,1H3. The topological polar surface area (TPSA) is 27.1 Å². The van der Waals surface area contributed by atoms with Crippen LogP contribution in [0.15, 0.2) is 54.6 Å². The summed E-state index contributed by atoms with van der Waals surface area (Å²) in [5.74, 6) is 1.91. The van der Waals surface area contributed by atoms with E-state index in [-0.39, 0.29) is 0 Å². The second kappa shape index (κ2) is 12.3. The van der Waals surface area contributed by atoms with Crippen molar-refractivity contribution in [3.05, 3.63) is 60.4 Å². The molecule has 0 aliphatic carbocycles. The van der Waals surface area contributed by atoms with Gasteiger partial charge in [-0.3, -0.25) is 0 Å². The molecule has 0 saturated heterocycles. The fourth-order valence-electron chi connectivity index (χ4n) is 3.91. The number of ether oxygens (including phenoxy) is 1. The third-order valence-electron chi connectivity index (χ3n) is 5.58. The predicted molar refractivity (Wildman–Crippen MR) is 122 cm³/mol. The normalized spacial score (nSPS) is 11.2. The van der Waals surface area contributed by atoms with Crippen molar-refractivity contribution >= 4 is 11.0 Å². The molecule has 3 rings (SSSR count). The van der Waals surface area contributed by atoms with Crippen molar-refractivity contribution in [2.75, 3.05) is 0 Å². The first-order valence-electron chi connectivity index (χ1n) is 11.5. The molecule has 0 bridgehead atoms. The second-order valence-electron chi connectivity index (χ2n) is 7.95. The van der Waals surface area contributed by atoms with Crippen molar-refractivity contribution < 1.29 is 4.74 Å². The summed E-state index contributed by atoms with van der Waals surface area (Å²) in [5, 5.41) is 0. The van der Waals surface area contributed by atoms with Crippen LogP contribution in [0.2, 0.25) is 0 Å². The number of aromatic nitrogens is 2. The van der Waals surface area contributed by atoms with Gasteiger partial charge in [-0.25, -0.2) is 4.98 Å². The van der Waals surface area contributed by atoms with E-state index >= 15 is 0 Å². The van der Waals surface area contributed by atoms with Crippen LogP contribution in [0.5, 0.6) is 5.75 Å². The molecule has 1 aromatic heterocycles. The summed E-state index contributed by atoms with van der Waals surface area (Å²) >= 11 is 0. The highest BCUT2D eigenvalue weighted by molar-refractivity contribution is 5.75. The average Bonchev–Trinajstić information content (AvgIpc) is 3.12. The molecule has 0 spiro atoms. The van der Waals surface area contributed by atoms with Crippen LogP contribution in [0.4, 0.5) is 0 Å². The Hall–Kier alpha value is -2.29. The van der Waals surface area contributed by atoms with E-state index < -0.39 is 0 Å². The minimum absolute atomic E-state index is 0.510. The third kappa shape index (κ3) is 6.92. The Kier molecular flexibility index (Phi) is 9.09. The first-order chi connectivity index (χ1) is 14.4. The van der Waals surface area contributed by atoms with Gasteiger partial charge in [0.25, 0.3) is 0 Å². The van der Waals surface area contributed by atoms with Crippen molar-refractivity contribution in [1.82, 2.24) is 9.55 Å². The quantitative estimate of drug-likeness (QED) is 0.265. The maximum atomic E-state index is 5.98. The Balaban J connectivity index is 1.46. The molecule has 0 amide bonds. The summed E-state index contributed by atoms with van der Waals surface area (Å²) in [4.78, 5) is 4.83. The van der Waals surface area contributed by atoms with Crippen molar-refractivity contribution in [1.29, 1.82) is 0 Å². The molecule has 3 heteroatoms. The zero-order valence-corrected chi connectivity index (χ0v) is 18.0. The summed E-state index contributed by atoms with van der Waals surface area (Å²) in [7, 11) is 0. The lowest BCUT2D eigenvalue weighted by Crippen LogP contribution is -2.07. The first kappa shape index (κ1) is 21.4. The van der Waals surface area contributed by atoms with Gasteiger partial charge in [0.05, 0.1) is 11.0 Å². The predicted octanol–water partition coefficient (Wildman–Crippen LogP) is 7.54. The van der Waals surface area contributed by atoms with E-state index in [0.29, 0.717) is 6.61 Å². The van der Waals surface area contributed by atoms with Gasteiger partial charge in [0.1, 0.15) is 18.2 Å². The molecule has 3 nitrogen and oxygen atoms in total. The molecule has 3 aromatic rings. The number of fused-ring (bicyclic) bond motifs is 1. The van der Waals surface area contributed by atoms with E-state index in [2.05, 4.69) is 35.8 Å². The van der Waals surface area contributed by atoms with E-state index in [1.54, 1.807) is 0 Å². The number of para-hydroxylation sites is 3. The highest BCUT2D eigenvalue weighted by Gasteiger charge is 2.10. The van der Waals surface area contributed by atoms with Crippen LogP contribution >= 0.6 is 0 Å². The number of benzene rings is 2. The first-order valence-corrected chi connectivity index (χ1v) is 11.5. The van der Waals surface area contributed by atoms with Crippen LogP contribution < -0.4 is 4.74 Å². The number of hydrogen-bond donors (Lipinski definition) is 0. The fraction of sp³-hybridized carbons (Fsp3) is 0.500. The Bertz CT molecular complexity index is 825. The number of imidazole rings is 1. The third-order valence-corrected chi connectivity index (χ3v) is 5.58. The molecular formula is C26H36N2O. The van der Waals surface area contributed by atoms with Crippen molar-refractivity contribution in [2.24, 2.45) is 0 Å². The SMILES string of the molecule is CCCCCCCCCCCCn1c(COc2ccccc2)nc2ccccc21. The molecule has 29 heavy (non-hydrogen) atoms. The van der Waals surface area contributed by atoms with Gasteiger partial charge in [0, 0.05) is 6.54 Å². The van der Waals surface area contributed by atoms with E-state index in [9.17, 15) is 0 Å².